The Morgan fingerprint density at radius 2 is 2.05 bits per heavy atom. The van der Waals surface area contributed by atoms with Gasteiger partial charge in [0.1, 0.15) is 5.75 Å². The number of aromatic nitrogens is 2. The fourth-order valence-electron chi connectivity index (χ4n) is 1.52. The molecule has 1 aromatic heterocycles. The van der Waals surface area contributed by atoms with Gasteiger partial charge in [0.2, 0.25) is 11.2 Å². The lowest BCUT2D eigenvalue weighted by Gasteiger charge is -2.14. The van der Waals surface area contributed by atoms with Gasteiger partial charge in [0.15, 0.2) is 0 Å². The van der Waals surface area contributed by atoms with Crippen LogP contribution < -0.4 is 4.74 Å². The standard InChI is InChI=1S/C13H7ClF3N3O/c1-7-6-19-12(14)20-11(7)21-10-3-2-8(5-18)4-9(10)13(15,16)17/h2-4,6H,1H3. The van der Waals surface area contributed by atoms with E-state index in [1.165, 1.54) is 12.3 Å². The van der Waals surface area contributed by atoms with Crippen molar-refractivity contribution in [2.75, 3.05) is 0 Å². The van der Waals surface area contributed by atoms with Crippen LogP contribution in [0.1, 0.15) is 16.7 Å². The molecule has 0 bridgehead atoms. The van der Waals surface area contributed by atoms with Crippen LogP contribution in [-0.4, -0.2) is 9.97 Å². The van der Waals surface area contributed by atoms with E-state index in [1.807, 2.05) is 0 Å². The predicted octanol–water partition coefficient (Wildman–Crippen LogP) is 4.12. The number of hydrogen-bond acceptors (Lipinski definition) is 4. The van der Waals surface area contributed by atoms with Gasteiger partial charge in [-0.15, -0.1) is 0 Å². The molecule has 0 unspecified atom stereocenters. The van der Waals surface area contributed by atoms with Crippen LogP contribution in [-0.2, 0) is 6.18 Å². The summed E-state index contributed by atoms with van der Waals surface area (Å²) in [7, 11) is 0. The Morgan fingerprint density at radius 3 is 2.67 bits per heavy atom. The van der Waals surface area contributed by atoms with Crippen molar-refractivity contribution in [3.8, 4) is 17.7 Å². The molecule has 0 spiro atoms. The third kappa shape index (κ3) is 3.41. The lowest BCUT2D eigenvalue weighted by atomic mass is 10.1. The SMILES string of the molecule is Cc1cnc(Cl)nc1Oc1ccc(C#N)cc1C(F)(F)F. The maximum Gasteiger partial charge on any atom is 0.420 e. The minimum Gasteiger partial charge on any atom is -0.438 e. The Morgan fingerprint density at radius 1 is 1.33 bits per heavy atom. The highest BCUT2D eigenvalue weighted by Crippen LogP contribution is 2.38. The van der Waals surface area contributed by atoms with E-state index in [4.69, 9.17) is 21.6 Å². The van der Waals surface area contributed by atoms with Gasteiger partial charge in [-0.3, -0.25) is 0 Å². The fraction of sp³-hybridized carbons (Fsp3) is 0.154. The van der Waals surface area contributed by atoms with Crippen molar-refractivity contribution in [2.45, 2.75) is 13.1 Å². The van der Waals surface area contributed by atoms with Crippen molar-refractivity contribution in [3.05, 3.63) is 46.4 Å². The number of ether oxygens (including phenoxy) is 1. The van der Waals surface area contributed by atoms with Gasteiger partial charge in [-0.05, 0) is 36.7 Å². The van der Waals surface area contributed by atoms with E-state index >= 15 is 0 Å². The predicted molar refractivity (Wildman–Crippen MR) is 68.0 cm³/mol. The van der Waals surface area contributed by atoms with E-state index < -0.39 is 17.5 Å². The molecule has 0 aliphatic heterocycles. The van der Waals surface area contributed by atoms with Crippen molar-refractivity contribution < 1.29 is 17.9 Å². The number of alkyl halides is 3. The van der Waals surface area contributed by atoms with E-state index in [-0.39, 0.29) is 16.7 Å². The van der Waals surface area contributed by atoms with Crippen LogP contribution in [0.2, 0.25) is 5.28 Å². The molecular formula is C13H7ClF3N3O. The number of halogens is 4. The highest BCUT2D eigenvalue weighted by atomic mass is 35.5. The lowest BCUT2D eigenvalue weighted by molar-refractivity contribution is -0.138. The lowest BCUT2D eigenvalue weighted by Crippen LogP contribution is -2.08. The maximum atomic E-state index is 13.0. The highest BCUT2D eigenvalue weighted by molar-refractivity contribution is 6.28. The van der Waals surface area contributed by atoms with Gasteiger partial charge in [0.05, 0.1) is 17.2 Å². The first-order chi connectivity index (χ1) is 9.81. The molecule has 2 aromatic rings. The minimum atomic E-state index is -4.66. The molecule has 0 atom stereocenters. The van der Waals surface area contributed by atoms with E-state index in [9.17, 15) is 13.2 Å². The topological polar surface area (TPSA) is 58.8 Å². The summed E-state index contributed by atoms with van der Waals surface area (Å²) in [5, 5.41) is 8.55. The molecule has 1 aromatic carbocycles. The second-order valence-electron chi connectivity index (χ2n) is 4.05. The summed E-state index contributed by atoms with van der Waals surface area (Å²) in [5.74, 6) is -0.537. The van der Waals surface area contributed by atoms with Crippen LogP contribution in [0.4, 0.5) is 13.2 Å². The van der Waals surface area contributed by atoms with Crippen LogP contribution in [0, 0.1) is 18.3 Å². The molecule has 0 saturated carbocycles. The number of nitrogens with zero attached hydrogens (tertiary/aromatic N) is 3. The van der Waals surface area contributed by atoms with Gasteiger partial charge < -0.3 is 4.74 Å². The summed E-state index contributed by atoms with van der Waals surface area (Å²) in [6.45, 7) is 1.57. The summed E-state index contributed by atoms with van der Waals surface area (Å²) in [4.78, 5) is 7.42. The highest BCUT2D eigenvalue weighted by Gasteiger charge is 2.35. The van der Waals surface area contributed by atoms with E-state index in [2.05, 4.69) is 9.97 Å². The van der Waals surface area contributed by atoms with Crippen LogP contribution in [0.3, 0.4) is 0 Å². The summed E-state index contributed by atoms with van der Waals surface area (Å²) >= 11 is 5.59. The van der Waals surface area contributed by atoms with Crippen molar-refractivity contribution >= 4 is 11.6 Å². The molecular weight excluding hydrogens is 307 g/mol. The van der Waals surface area contributed by atoms with Gasteiger partial charge in [0, 0.05) is 11.8 Å². The average Bonchev–Trinajstić information content (AvgIpc) is 2.42. The van der Waals surface area contributed by atoms with Crippen LogP contribution in [0.25, 0.3) is 0 Å². The normalized spacial score (nSPS) is 11.0. The van der Waals surface area contributed by atoms with Crippen LogP contribution >= 0.6 is 11.6 Å². The Balaban J connectivity index is 2.49. The largest absolute Gasteiger partial charge is 0.438 e. The van der Waals surface area contributed by atoms with Crippen molar-refractivity contribution in [1.29, 1.82) is 5.26 Å². The Kier molecular flexibility index (Phi) is 4.00. The molecule has 1 heterocycles. The second kappa shape index (κ2) is 5.58. The van der Waals surface area contributed by atoms with Gasteiger partial charge >= 0.3 is 6.18 Å². The summed E-state index contributed by atoms with van der Waals surface area (Å²) in [6, 6.07) is 4.66. The molecule has 0 saturated heterocycles. The molecule has 0 aliphatic rings. The van der Waals surface area contributed by atoms with Crippen LogP contribution in [0.5, 0.6) is 11.6 Å². The third-order valence-corrected chi connectivity index (χ3v) is 2.70. The zero-order chi connectivity index (χ0) is 15.6. The molecule has 2 rings (SSSR count). The summed E-state index contributed by atoms with van der Waals surface area (Å²) in [5.41, 5.74) is -0.750. The van der Waals surface area contributed by atoms with Gasteiger partial charge in [-0.1, -0.05) is 0 Å². The minimum absolute atomic E-state index is 0.0785. The van der Waals surface area contributed by atoms with Gasteiger partial charge in [-0.2, -0.15) is 23.4 Å². The van der Waals surface area contributed by atoms with Crippen molar-refractivity contribution in [2.24, 2.45) is 0 Å². The quantitative estimate of drug-likeness (QED) is 0.782. The molecule has 0 fully saturated rings. The van der Waals surface area contributed by atoms with E-state index in [0.717, 1.165) is 6.07 Å². The zero-order valence-electron chi connectivity index (χ0n) is 10.6. The number of aryl methyl sites for hydroxylation is 1. The number of rotatable bonds is 2. The zero-order valence-corrected chi connectivity index (χ0v) is 11.3. The number of nitriles is 1. The first-order valence-corrected chi connectivity index (χ1v) is 5.97. The Bertz CT molecular complexity index is 726. The van der Waals surface area contributed by atoms with E-state index in [0.29, 0.717) is 11.6 Å². The molecule has 21 heavy (non-hydrogen) atoms. The molecule has 108 valence electrons. The Hall–Kier alpha value is -2.33. The summed E-state index contributed by atoms with van der Waals surface area (Å²) in [6.07, 6.45) is -3.32. The summed E-state index contributed by atoms with van der Waals surface area (Å²) < 4.78 is 44.2. The average molecular weight is 314 g/mol. The second-order valence-corrected chi connectivity index (χ2v) is 4.39. The van der Waals surface area contributed by atoms with Crippen molar-refractivity contribution in [1.82, 2.24) is 9.97 Å². The molecule has 0 radical (unpaired) electrons. The molecule has 0 N–H and O–H groups in total. The van der Waals surface area contributed by atoms with Crippen LogP contribution in [0.15, 0.2) is 24.4 Å². The third-order valence-electron chi connectivity index (χ3n) is 2.52. The smallest absolute Gasteiger partial charge is 0.420 e. The molecule has 0 amide bonds. The maximum absolute atomic E-state index is 13.0. The first-order valence-electron chi connectivity index (χ1n) is 5.59. The molecule has 4 nitrogen and oxygen atoms in total. The first kappa shape index (κ1) is 15.1. The van der Waals surface area contributed by atoms with Crippen molar-refractivity contribution in [3.63, 3.8) is 0 Å². The van der Waals surface area contributed by atoms with Gasteiger partial charge in [0.25, 0.3) is 0 Å². The molecule has 8 heteroatoms. The van der Waals surface area contributed by atoms with Gasteiger partial charge in [-0.25, -0.2) is 4.98 Å². The monoisotopic (exact) mass is 313 g/mol. The number of benzene rings is 1. The fourth-order valence-corrected chi connectivity index (χ4v) is 1.65. The number of hydrogen-bond donors (Lipinski definition) is 0. The Labute approximate surface area is 122 Å². The molecule has 0 aliphatic carbocycles. The van der Waals surface area contributed by atoms with E-state index in [1.54, 1.807) is 13.0 Å².